The zero-order valence-corrected chi connectivity index (χ0v) is 17.7. The molecule has 0 radical (unpaired) electrons. The number of ether oxygens (including phenoxy) is 1. The molecule has 0 aromatic heterocycles. The lowest BCUT2D eigenvalue weighted by atomic mass is 10.1. The van der Waals surface area contributed by atoms with E-state index in [9.17, 15) is 19.2 Å². The minimum absolute atomic E-state index is 0.00242. The first kappa shape index (κ1) is 22.6. The number of carbonyl (C=O) groups is 4. The molecule has 31 heavy (non-hydrogen) atoms. The van der Waals surface area contributed by atoms with Gasteiger partial charge in [-0.3, -0.25) is 19.2 Å². The Balaban J connectivity index is 1.75. The Morgan fingerprint density at radius 3 is 2.68 bits per heavy atom. The van der Waals surface area contributed by atoms with E-state index in [1.165, 1.54) is 0 Å². The first-order valence-corrected chi connectivity index (χ1v) is 10.8. The number of hydrogen-bond acceptors (Lipinski definition) is 5. The highest BCUT2D eigenvalue weighted by Gasteiger charge is 2.27. The smallest absolute Gasteiger partial charge is 0.255 e. The third-order valence-corrected chi connectivity index (χ3v) is 5.32. The van der Waals surface area contributed by atoms with E-state index in [-0.39, 0.29) is 30.6 Å². The number of rotatable bonds is 3. The summed E-state index contributed by atoms with van der Waals surface area (Å²) in [6.45, 7) is 2.85. The van der Waals surface area contributed by atoms with Crippen LogP contribution in [0.2, 0.25) is 0 Å². The molecule has 1 fully saturated rings. The van der Waals surface area contributed by atoms with Gasteiger partial charge in [0.25, 0.3) is 5.91 Å². The number of carbonyl (C=O) groups excluding carboxylic acids is 4. The van der Waals surface area contributed by atoms with Gasteiger partial charge >= 0.3 is 0 Å². The van der Waals surface area contributed by atoms with Crippen LogP contribution in [-0.2, 0) is 14.4 Å². The molecule has 1 heterocycles. The fourth-order valence-corrected chi connectivity index (χ4v) is 3.25. The molecule has 1 aliphatic heterocycles. The summed E-state index contributed by atoms with van der Waals surface area (Å²) < 4.78 is 5.74. The highest BCUT2D eigenvalue weighted by Crippen LogP contribution is 2.27. The Kier molecular flexibility index (Phi) is 7.86. The van der Waals surface area contributed by atoms with Gasteiger partial charge in [0, 0.05) is 19.5 Å². The van der Waals surface area contributed by atoms with E-state index >= 15 is 0 Å². The molecular weight excluding hydrogens is 400 g/mol. The normalized spacial score (nSPS) is 23.5. The van der Waals surface area contributed by atoms with Gasteiger partial charge in [0.15, 0.2) is 0 Å². The highest BCUT2D eigenvalue weighted by molar-refractivity contribution is 5.99. The Bertz CT molecular complexity index is 824. The second-order valence-electron chi connectivity index (χ2n) is 8.03. The van der Waals surface area contributed by atoms with Crippen molar-refractivity contribution in [2.75, 3.05) is 19.7 Å². The number of hydrogen-bond donors (Lipinski definition) is 4. The molecule has 9 nitrogen and oxygen atoms in total. The molecular formula is C22H30N4O5. The lowest BCUT2D eigenvalue weighted by Gasteiger charge is -2.21. The van der Waals surface area contributed by atoms with Crippen LogP contribution in [0, 0.1) is 5.92 Å². The molecule has 2 atom stereocenters. The topological polar surface area (TPSA) is 126 Å². The Hall–Kier alpha value is -3.10. The SMILES string of the molecule is CC1NC(=O)CC[C@@H](C(=O)NCC2CC2)NC(=O)c2ccccc2OCCCNC1=O. The lowest BCUT2D eigenvalue weighted by molar-refractivity contribution is -0.129. The van der Waals surface area contributed by atoms with Crippen molar-refractivity contribution in [2.45, 2.75) is 51.1 Å². The average molecular weight is 431 g/mol. The molecule has 3 rings (SSSR count). The second kappa shape index (κ2) is 10.8. The number of amides is 4. The van der Waals surface area contributed by atoms with Crippen molar-refractivity contribution in [3.8, 4) is 5.75 Å². The summed E-state index contributed by atoms with van der Waals surface area (Å²) in [5, 5.41) is 11.0. The van der Waals surface area contributed by atoms with Crippen LogP contribution in [0.15, 0.2) is 24.3 Å². The molecule has 1 saturated carbocycles. The number of nitrogens with one attached hydrogen (secondary N) is 4. The van der Waals surface area contributed by atoms with Gasteiger partial charge in [-0.1, -0.05) is 12.1 Å². The monoisotopic (exact) mass is 430 g/mol. The summed E-state index contributed by atoms with van der Waals surface area (Å²) in [6.07, 6.45) is 2.83. The van der Waals surface area contributed by atoms with Gasteiger partial charge in [0.2, 0.25) is 17.7 Å². The van der Waals surface area contributed by atoms with Gasteiger partial charge in [-0.15, -0.1) is 0 Å². The molecule has 0 saturated heterocycles. The maximum atomic E-state index is 12.9. The summed E-state index contributed by atoms with van der Waals surface area (Å²) in [6, 6.07) is 5.23. The molecule has 1 unspecified atom stereocenters. The maximum Gasteiger partial charge on any atom is 0.255 e. The molecule has 0 spiro atoms. The van der Waals surface area contributed by atoms with Gasteiger partial charge in [-0.05, 0) is 50.7 Å². The Morgan fingerprint density at radius 1 is 1.13 bits per heavy atom. The third-order valence-electron chi connectivity index (χ3n) is 5.32. The van der Waals surface area contributed by atoms with E-state index < -0.39 is 18.0 Å². The summed E-state index contributed by atoms with van der Waals surface area (Å²) in [4.78, 5) is 50.0. The summed E-state index contributed by atoms with van der Waals surface area (Å²) >= 11 is 0. The number of para-hydroxylation sites is 1. The summed E-state index contributed by atoms with van der Waals surface area (Å²) in [7, 11) is 0. The fraction of sp³-hybridized carbons (Fsp3) is 0.545. The Morgan fingerprint density at radius 2 is 1.90 bits per heavy atom. The van der Waals surface area contributed by atoms with E-state index in [0.717, 1.165) is 12.8 Å². The van der Waals surface area contributed by atoms with Gasteiger partial charge in [0.05, 0.1) is 12.2 Å². The molecule has 2 aliphatic rings. The van der Waals surface area contributed by atoms with E-state index in [0.29, 0.717) is 43.3 Å². The van der Waals surface area contributed by atoms with Crippen molar-refractivity contribution < 1.29 is 23.9 Å². The van der Waals surface area contributed by atoms with Crippen LogP contribution in [0.25, 0.3) is 0 Å². The molecule has 1 aromatic carbocycles. The van der Waals surface area contributed by atoms with E-state index in [2.05, 4.69) is 21.3 Å². The van der Waals surface area contributed by atoms with E-state index in [4.69, 9.17) is 4.74 Å². The maximum absolute atomic E-state index is 12.9. The van der Waals surface area contributed by atoms with Crippen LogP contribution >= 0.6 is 0 Å². The third kappa shape index (κ3) is 6.97. The highest BCUT2D eigenvalue weighted by atomic mass is 16.5. The Labute approximate surface area is 181 Å². The molecule has 1 aliphatic carbocycles. The van der Waals surface area contributed by atoms with Crippen LogP contribution < -0.4 is 26.0 Å². The van der Waals surface area contributed by atoms with Gasteiger partial charge in [-0.25, -0.2) is 0 Å². The van der Waals surface area contributed by atoms with Crippen molar-refractivity contribution in [3.63, 3.8) is 0 Å². The van der Waals surface area contributed by atoms with Crippen molar-refractivity contribution in [3.05, 3.63) is 29.8 Å². The van der Waals surface area contributed by atoms with Gasteiger partial charge in [0.1, 0.15) is 17.8 Å². The van der Waals surface area contributed by atoms with E-state index in [1.54, 1.807) is 31.2 Å². The molecule has 9 heteroatoms. The van der Waals surface area contributed by atoms with Crippen LogP contribution in [0.1, 0.15) is 49.4 Å². The van der Waals surface area contributed by atoms with Gasteiger partial charge in [-0.2, -0.15) is 0 Å². The predicted molar refractivity (Wildman–Crippen MR) is 113 cm³/mol. The van der Waals surface area contributed by atoms with Crippen LogP contribution in [0.5, 0.6) is 5.75 Å². The van der Waals surface area contributed by atoms with Crippen molar-refractivity contribution >= 4 is 23.6 Å². The quantitative estimate of drug-likeness (QED) is 0.556. The van der Waals surface area contributed by atoms with Crippen molar-refractivity contribution in [1.82, 2.24) is 21.3 Å². The van der Waals surface area contributed by atoms with Crippen molar-refractivity contribution in [2.24, 2.45) is 5.92 Å². The van der Waals surface area contributed by atoms with Crippen LogP contribution in [-0.4, -0.2) is 55.4 Å². The van der Waals surface area contributed by atoms with Gasteiger partial charge < -0.3 is 26.0 Å². The van der Waals surface area contributed by atoms with Crippen molar-refractivity contribution in [1.29, 1.82) is 0 Å². The standard InChI is InChI=1S/C22H30N4O5/c1-14-20(28)23-11-4-12-31-18-6-3-2-5-16(18)21(29)26-17(9-10-19(27)25-14)22(30)24-13-15-7-8-15/h2-3,5-6,14-15,17H,4,7-13H2,1H3,(H,23,28)(H,24,30)(H,25,27)(H,26,29)/t14?,17-/m0/s1. The molecule has 0 bridgehead atoms. The molecule has 168 valence electrons. The van der Waals surface area contributed by atoms with Crippen LogP contribution in [0.4, 0.5) is 0 Å². The molecule has 4 amide bonds. The zero-order chi connectivity index (χ0) is 22.2. The summed E-state index contributed by atoms with van der Waals surface area (Å²) in [5.74, 6) is -0.500. The first-order chi connectivity index (χ1) is 14.9. The molecule has 1 aromatic rings. The number of benzene rings is 1. The minimum atomic E-state index is -0.873. The minimum Gasteiger partial charge on any atom is -0.493 e. The zero-order valence-electron chi connectivity index (χ0n) is 17.7. The predicted octanol–water partition coefficient (Wildman–Crippen LogP) is 0.495. The fourth-order valence-electron chi connectivity index (χ4n) is 3.25. The lowest BCUT2D eigenvalue weighted by Crippen LogP contribution is -2.49. The number of fused-ring (bicyclic) bond motifs is 1. The second-order valence-corrected chi connectivity index (χ2v) is 8.03. The van der Waals surface area contributed by atoms with Crippen LogP contribution in [0.3, 0.4) is 0 Å². The summed E-state index contributed by atoms with van der Waals surface area (Å²) in [5.41, 5.74) is 0.316. The van der Waals surface area contributed by atoms with E-state index in [1.807, 2.05) is 0 Å². The first-order valence-electron chi connectivity index (χ1n) is 10.8. The largest absolute Gasteiger partial charge is 0.493 e. The molecule has 4 N–H and O–H groups in total. The average Bonchev–Trinajstić information content (AvgIpc) is 3.58.